The molecule has 41 heavy (non-hydrogen) atoms. The number of hydrogen-bond donors (Lipinski definition) is 4. The summed E-state index contributed by atoms with van der Waals surface area (Å²) in [5.74, 6) is -1.71. The number of aliphatic hydroxyl groups is 1. The number of carbonyl (C=O) groups excluding carboxylic acids is 2. The number of anilines is 1. The summed E-state index contributed by atoms with van der Waals surface area (Å²) < 4.78 is 35.7. The number of benzene rings is 2. The van der Waals surface area contributed by atoms with Crippen LogP contribution in [0.1, 0.15) is 26.9 Å². The topological polar surface area (TPSA) is 193 Å². The Balaban J connectivity index is 1.51. The monoisotopic (exact) mass is 583 g/mol. The van der Waals surface area contributed by atoms with Crippen molar-refractivity contribution in [3.05, 3.63) is 96.4 Å². The van der Waals surface area contributed by atoms with Gasteiger partial charge in [-0.1, -0.05) is 30.3 Å². The van der Waals surface area contributed by atoms with Gasteiger partial charge in [-0.15, -0.1) is 0 Å². The number of rotatable bonds is 8. The van der Waals surface area contributed by atoms with E-state index in [4.69, 9.17) is 24.5 Å². The van der Waals surface area contributed by atoms with Crippen molar-refractivity contribution >= 4 is 36.4 Å². The summed E-state index contributed by atoms with van der Waals surface area (Å²) in [6, 6.07) is 18.1. The predicted octanol–water partition coefficient (Wildman–Crippen LogP) is 2.44. The van der Waals surface area contributed by atoms with E-state index in [1.54, 1.807) is 41.1 Å². The standard InChI is InChI=1S/C27H26N3O10P/c28-19-9-3-2-8-18(19)27(33)37-15-21-22(31)23(40-41(34,35)36)24(39-26(32)17-7-5-12-29-14-17)25(38-21)30-13-11-16-6-1-4-10-20(16)30/h1-14,21-25,31H,15,28H2,(H2,34,35,36)/t21-,22-,23+,24-,25-/m1/s1. The normalized spacial score (nSPS) is 22.8. The van der Waals surface area contributed by atoms with Crippen molar-refractivity contribution in [2.24, 2.45) is 0 Å². The third kappa shape index (κ3) is 6.30. The molecule has 5 rings (SSSR count). The van der Waals surface area contributed by atoms with Crippen molar-refractivity contribution < 1.29 is 47.8 Å². The van der Waals surface area contributed by atoms with Gasteiger partial charge in [-0.3, -0.25) is 9.51 Å². The molecule has 1 aliphatic heterocycles. The summed E-state index contributed by atoms with van der Waals surface area (Å²) in [6.45, 7) is -0.547. The number of carbonyl (C=O) groups is 2. The molecule has 13 nitrogen and oxygen atoms in total. The Bertz CT molecular complexity index is 1590. The molecule has 3 heterocycles. The minimum absolute atomic E-state index is 0.0459. The van der Waals surface area contributed by atoms with Crippen molar-refractivity contribution in [3.8, 4) is 0 Å². The first kappa shape index (κ1) is 28.4. The van der Waals surface area contributed by atoms with Crippen molar-refractivity contribution in [2.45, 2.75) is 30.6 Å². The molecule has 1 aliphatic rings. The first-order chi connectivity index (χ1) is 19.6. The minimum Gasteiger partial charge on any atom is -0.459 e. The maximum absolute atomic E-state index is 13.1. The van der Waals surface area contributed by atoms with E-state index >= 15 is 0 Å². The van der Waals surface area contributed by atoms with E-state index in [0.29, 0.717) is 5.52 Å². The highest BCUT2D eigenvalue weighted by molar-refractivity contribution is 7.46. The summed E-state index contributed by atoms with van der Waals surface area (Å²) >= 11 is 0. The number of nitrogen functional groups attached to an aromatic ring is 1. The molecule has 14 heteroatoms. The Kier molecular flexibility index (Phi) is 8.18. The van der Waals surface area contributed by atoms with Gasteiger partial charge >= 0.3 is 19.8 Å². The molecular weight excluding hydrogens is 557 g/mol. The second-order valence-electron chi connectivity index (χ2n) is 9.20. The molecule has 214 valence electrons. The number of para-hydroxylation sites is 2. The van der Waals surface area contributed by atoms with Crippen LogP contribution in [-0.4, -0.2) is 67.4 Å². The highest BCUT2D eigenvalue weighted by Gasteiger charge is 2.52. The van der Waals surface area contributed by atoms with Gasteiger partial charge in [0, 0.05) is 24.3 Å². The molecule has 0 amide bonds. The molecule has 2 aromatic carbocycles. The Morgan fingerprint density at radius 2 is 1.76 bits per heavy atom. The lowest BCUT2D eigenvalue weighted by Gasteiger charge is -2.44. The smallest absolute Gasteiger partial charge is 0.459 e. The summed E-state index contributed by atoms with van der Waals surface area (Å²) in [4.78, 5) is 49.1. The number of phosphoric ester groups is 1. The van der Waals surface area contributed by atoms with Crippen molar-refractivity contribution in [1.29, 1.82) is 0 Å². The number of aromatic nitrogens is 2. The van der Waals surface area contributed by atoms with E-state index < -0.39 is 57.0 Å². The second kappa shape index (κ2) is 11.8. The van der Waals surface area contributed by atoms with Gasteiger partial charge in [0.05, 0.1) is 16.6 Å². The maximum Gasteiger partial charge on any atom is 0.470 e. The number of pyridine rings is 1. The molecule has 4 aromatic rings. The molecule has 2 aromatic heterocycles. The van der Waals surface area contributed by atoms with E-state index in [1.165, 1.54) is 36.7 Å². The molecule has 0 radical (unpaired) electrons. The molecule has 5 N–H and O–H groups in total. The lowest BCUT2D eigenvalue weighted by molar-refractivity contribution is -0.246. The third-order valence-corrected chi connectivity index (χ3v) is 7.02. The predicted molar refractivity (Wildman–Crippen MR) is 143 cm³/mol. The number of ether oxygens (including phenoxy) is 3. The summed E-state index contributed by atoms with van der Waals surface area (Å²) in [6.07, 6.45) is -3.50. The van der Waals surface area contributed by atoms with Crippen LogP contribution in [0, 0.1) is 0 Å². The average Bonchev–Trinajstić information content (AvgIpc) is 3.38. The zero-order valence-electron chi connectivity index (χ0n) is 21.3. The zero-order valence-corrected chi connectivity index (χ0v) is 22.2. The van der Waals surface area contributed by atoms with E-state index in [0.717, 1.165) is 5.39 Å². The van der Waals surface area contributed by atoms with Gasteiger partial charge in [-0.05, 0) is 41.8 Å². The zero-order chi connectivity index (χ0) is 29.1. The quantitative estimate of drug-likeness (QED) is 0.135. The van der Waals surface area contributed by atoms with Gasteiger partial charge in [-0.2, -0.15) is 0 Å². The van der Waals surface area contributed by atoms with Crippen LogP contribution < -0.4 is 5.73 Å². The molecular formula is C27H26N3O10P. The number of aliphatic hydroxyl groups excluding tert-OH is 1. The van der Waals surface area contributed by atoms with Gasteiger partial charge in [0.1, 0.15) is 24.9 Å². The highest BCUT2D eigenvalue weighted by atomic mass is 31.2. The van der Waals surface area contributed by atoms with E-state index in [9.17, 15) is 29.0 Å². The third-order valence-electron chi connectivity index (χ3n) is 6.50. The summed E-state index contributed by atoms with van der Waals surface area (Å²) in [7, 11) is -5.25. The molecule has 1 saturated heterocycles. The van der Waals surface area contributed by atoms with Gasteiger partial charge in [0.15, 0.2) is 12.3 Å². The highest BCUT2D eigenvalue weighted by Crippen LogP contribution is 2.44. The number of nitrogens with two attached hydrogens (primary N) is 1. The number of nitrogens with zero attached hydrogens (tertiary/aromatic N) is 2. The Labute approximate surface area is 233 Å². The van der Waals surface area contributed by atoms with Gasteiger partial charge in [-0.25, -0.2) is 14.2 Å². The molecule has 5 atom stereocenters. The van der Waals surface area contributed by atoms with Crippen molar-refractivity contribution in [2.75, 3.05) is 12.3 Å². The van der Waals surface area contributed by atoms with Crippen LogP contribution in [-0.2, 0) is 23.3 Å². The molecule has 0 aliphatic carbocycles. The van der Waals surface area contributed by atoms with Crippen LogP contribution in [0.5, 0.6) is 0 Å². The second-order valence-corrected chi connectivity index (χ2v) is 10.4. The van der Waals surface area contributed by atoms with Crippen LogP contribution in [0.15, 0.2) is 85.3 Å². The number of phosphoric acid groups is 1. The molecule has 0 saturated carbocycles. The molecule has 0 unspecified atom stereocenters. The van der Waals surface area contributed by atoms with Gasteiger partial charge in [0.2, 0.25) is 0 Å². The first-order valence-corrected chi connectivity index (χ1v) is 13.9. The SMILES string of the molecule is Nc1ccccc1C(=O)OC[C@H]1O[C@@H](n2ccc3ccccc32)[C@H](OC(=O)c2cccnc2)[C@@H](OP(=O)(O)O)[C@@H]1O. The van der Waals surface area contributed by atoms with Crippen LogP contribution in [0.3, 0.4) is 0 Å². The van der Waals surface area contributed by atoms with Crippen LogP contribution in [0.4, 0.5) is 5.69 Å². The lowest BCUT2D eigenvalue weighted by Crippen LogP contribution is -2.58. The fourth-order valence-electron chi connectivity index (χ4n) is 4.59. The molecule has 0 bridgehead atoms. The minimum atomic E-state index is -5.25. The number of hydrogen-bond acceptors (Lipinski definition) is 10. The maximum atomic E-state index is 13.1. The van der Waals surface area contributed by atoms with Crippen LogP contribution in [0.25, 0.3) is 10.9 Å². The first-order valence-electron chi connectivity index (χ1n) is 12.4. The van der Waals surface area contributed by atoms with Crippen molar-refractivity contribution in [3.63, 3.8) is 0 Å². The fraction of sp³-hybridized carbons (Fsp3) is 0.222. The largest absolute Gasteiger partial charge is 0.470 e. The Hall–Kier alpha value is -4.10. The fourth-order valence-corrected chi connectivity index (χ4v) is 5.15. The van der Waals surface area contributed by atoms with Crippen LogP contribution >= 0.6 is 7.82 Å². The van der Waals surface area contributed by atoms with E-state index in [2.05, 4.69) is 4.98 Å². The van der Waals surface area contributed by atoms with E-state index in [1.807, 2.05) is 12.1 Å². The number of esters is 2. The van der Waals surface area contributed by atoms with E-state index in [-0.39, 0.29) is 16.8 Å². The van der Waals surface area contributed by atoms with Crippen LogP contribution in [0.2, 0.25) is 0 Å². The summed E-state index contributed by atoms with van der Waals surface area (Å²) in [5.41, 5.74) is 6.78. The van der Waals surface area contributed by atoms with Gasteiger partial charge in [0.25, 0.3) is 0 Å². The molecule has 1 fully saturated rings. The Morgan fingerprint density at radius 3 is 2.49 bits per heavy atom. The molecule has 0 spiro atoms. The number of fused-ring (bicyclic) bond motifs is 1. The van der Waals surface area contributed by atoms with Crippen molar-refractivity contribution in [1.82, 2.24) is 9.55 Å². The van der Waals surface area contributed by atoms with Gasteiger partial charge < -0.3 is 39.4 Å². The average molecular weight is 583 g/mol. The Morgan fingerprint density at radius 1 is 1.00 bits per heavy atom. The summed E-state index contributed by atoms with van der Waals surface area (Å²) in [5, 5.41) is 12.0. The lowest BCUT2D eigenvalue weighted by atomic mass is 9.97.